The molecule has 1 aromatic carbocycles. The monoisotopic (exact) mass is 266 g/mol. The summed E-state index contributed by atoms with van der Waals surface area (Å²) in [6.07, 6.45) is 2.40. The predicted molar refractivity (Wildman–Crippen MR) is 77.7 cm³/mol. The van der Waals surface area contributed by atoms with E-state index in [-0.39, 0.29) is 0 Å². The molecule has 0 aliphatic carbocycles. The SMILES string of the molecule is CC/C(=N/Nc1ccc2nncn2n1)c1ccccc1. The normalized spacial score (nSPS) is 11.8. The predicted octanol–water partition coefficient (Wildman–Crippen LogP) is 2.35. The zero-order valence-corrected chi connectivity index (χ0v) is 11.1. The Morgan fingerprint density at radius 2 is 2.05 bits per heavy atom. The first-order valence-corrected chi connectivity index (χ1v) is 6.42. The number of hydrogen-bond donors (Lipinski definition) is 1. The van der Waals surface area contributed by atoms with Crippen molar-refractivity contribution in [3.8, 4) is 0 Å². The number of aromatic nitrogens is 4. The zero-order chi connectivity index (χ0) is 13.8. The molecular formula is C14H14N6. The van der Waals surface area contributed by atoms with Gasteiger partial charge in [-0.1, -0.05) is 37.3 Å². The minimum atomic E-state index is 0.652. The Labute approximate surface area is 116 Å². The van der Waals surface area contributed by atoms with Crippen LogP contribution < -0.4 is 5.43 Å². The summed E-state index contributed by atoms with van der Waals surface area (Å²) in [5.74, 6) is 0.652. The average molecular weight is 266 g/mol. The lowest BCUT2D eigenvalue weighted by Gasteiger charge is -2.05. The molecule has 6 nitrogen and oxygen atoms in total. The van der Waals surface area contributed by atoms with Crippen LogP contribution in [0, 0.1) is 0 Å². The van der Waals surface area contributed by atoms with Crippen molar-refractivity contribution in [2.75, 3.05) is 5.43 Å². The topological polar surface area (TPSA) is 67.5 Å². The molecule has 0 bridgehead atoms. The number of hydrazone groups is 1. The smallest absolute Gasteiger partial charge is 0.177 e. The molecule has 6 heteroatoms. The number of anilines is 1. The van der Waals surface area contributed by atoms with Crippen molar-refractivity contribution in [3.05, 3.63) is 54.4 Å². The molecule has 2 heterocycles. The summed E-state index contributed by atoms with van der Waals surface area (Å²) in [6.45, 7) is 2.07. The van der Waals surface area contributed by atoms with Crippen LogP contribution in [0.1, 0.15) is 18.9 Å². The van der Waals surface area contributed by atoms with Gasteiger partial charge in [-0.05, 0) is 24.1 Å². The van der Waals surface area contributed by atoms with E-state index in [4.69, 9.17) is 0 Å². The lowest BCUT2D eigenvalue weighted by Crippen LogP contribution is -2.04. The summed E-state index contributed by atoms with van der Waals surface area (Å²) >= 11 is 0. The Balaban J connectivity index is 1.84. The summed E-state index contributed by atoms with van der Waals surface area (Å²) in [7, 11) is 0. The molecule has 0 saturated heterocycles. The van der Waals surface area contributed by atoms with Crippen LogP contribution in [0.3, 0.4) is 0 Å². The first-order valence-electron chi connectivity index (χ1n) is 6.42. The second-order valence-electron chi connectivity index (χ2n) is 4.24. The maximum Gasteiger partial charge on any atom is 0.177 e. The third-order valence-corrected chi connectivity index (χ3v) is 2.91. The van der Waals surface area contributed by atoms with Crippen LogP contribution in [0.5, 0.6) is 0 Å². The summed E-state index contributed by atoms with van der Waals surface area (Å²) in [6, 6.07) is 13.7. The zero-order valence-electron chi connectivity index (χ0n) is 11.1. The van der Waals surface area contributed by atoms with Crippen LogP contribution in [-0.4, -0.2) is 25.5 Å². The molecular weight excluding hydrogens is 252 g/mol. The lowest BCUT2D eigenvalue weighted by molar-refractivity contribution is 0.924. The van der Waals surface area contributed by atoms with E-state index in [0.29, 0.717) is 11.5 Å². The largest absolute Gasteiger partial charge is 0.260 e. The van der Waals surface area contributed by atoms with Crippen LogP contribution >= 0.6 is 0 Å². The van der Waals surface area contributed by atoms with Gasteiger partial charge in [0.05, 0.1) is 5.71 Å². The number of fused-ring (bicyclic) bond motifs is 1. The average Bonchev–Trinajstić information content (AvgIpc) is 2.96. The standard InChI is InChI=1S/C14H14N6/c1-2-12(11-6-4-3-5-7-11)16-17-13-8-9-14-18-15-10-20(14)19-13/h3-10H,2H2,1H3,(H,17,19)/b16-12-. The summed E-state index contributed by atoms with van der Waals surface area (Å²) in [5, 5.41) is 16.4. The molecule has 0 unspecified atom stereocenters. The van der Waals surface area contributed by atoms with Crippen molar-refractivity contribution in [3.63, 3.8) is 0 Å². The molecule has 0 aliphatic rings. The fourth-order valence-electron chi connectivity index (χ4n) is 1.89. The van der Waals surface area contributed by atoms with Crippen LogP contribution in [0.15, 0.2) is 53.9 Å². The summed E-state index contributed by atoms with van der Waals surface area (Å²) in [4.78, 5) is 0. The second-order valence-corrected chi connectivity index (χ2v) is 4.24. The Hall–Kier alpha value is -2.76. The van der Waals surface area contributed by atoms with Gasteiger partial charge in [0.2, 0.25) is 0 Å². The highest BCUT2D eigenvalue weighted by Gasteiger charge is 2.01. The van der Waals surface area contributed by atoms with E-state index in [1.807, 2.05) is 42.5 Å². The second kappa shape index (κ2) is 5.48. The van der Waals surface area contributed by atoms with E-state index in [0.717, 1.165) is 17.7 Å². The van der Waals surface area contributed by atoms with Gasteiger partial charge in [-0.15, -0.1) is 15.3 Å². The molecule has 3 rings (SSSR count). The molecule has 0 amide bonds. The van der Waals surface area contributed by atoms with Gasteiger partial charge in [-0.3, -0.25) is 5.43 Å². The van der Waals surface area contributed by atoms with E-state index in [1.54, 1.807) is 10.8 Å². The fraction of sp³-hybridized carbons (Fsp3) is 0.143. The van der Waals surface area contributed by atoms with Crippen LogP contribution in [-0.2, 0) is 0 Å². The maximum atomic E-state index is 4.42. The van der Waals surface area contributed by atoms with Crippen LogP contribution in [0.2, 0.25) is 0 Å². The molecule has 0 radical (unpaired) electrons. The minimum Gasteiger partial charge on any atom is -0.260 e. The molecule has 1 N–H and O–H groups in total. The molecule has 2 aromatic heterocycles. The van der Waals surface area contributed by atoms with E-state index < -0.39 is 0 Å². The van der Waals surface area contributed by atoms with Crippen molar-refractivity contribution in [2.45, 2.75) is 13.3 Å². The lowest BCUT2D eigenvalue weighted by atomic mass is 10.1. The van der Waals surface area contributed by atoms with Crippen molar-refractivity contribution in [1.29, 1.82) is 0 Å². The molecule has 0 atom stereocenters. The molecule has 0 spiro atoms. The Kier molecular flexibility index (Phi) is 3.36. The van der Waals surface area contributed by atoms with Gasteiger partial charge in [0.15, 0.2) is 11.5 Å². The molecule has 100 valence electrons. The number of benzene rings is 1. The molecule has 0 aliphatic heterocycles. The molecule has 3 aromatic rings. The van der Waals surface area contributed by atoms with E-state index >= 15 is 0 Å². The van der Waals surface area contributed by atoms with Crippen molar-refractivity contribution >= 4 is 17.2 Å². The van der Waals surface area contributed by atoms with E-state index in [9.17, 15) is 0 Å². The quantitative estimate of drug-likeness (QED) is 0.581. The molecule has 20 heavy (non-hydrogen) atoms. The van der Waals surface area contributed by atoms with Gasteiger partial charge in [0.25, 0.3) is 0 Å². The number of nitrogens with one attached hydrogen (secondary N) is 1. The third kappa shape index (κ3) is 2.49. The third-order valence-electron chi connectivity index (χ3n) is 2.91. The minimum absolute atomic E-state index is 0.652. The first kappa shape index (κ1) is 12.3. The van der Waals surface area contributed by atoms with E-state index in [1.165, 1.54) is 0 Å². The number of rotatable bonds is 4. The van der Waals surface area contributed by atoms with Crippen LogP contribution in [0.25, 0.3) is 5.65 Å². The first-order chi connectivity index (χ1) is 9.86. The van der Waals surface area contributed by atoms with Gasteiger partial charge < -0.3 is 0 Å². The van der Waals surface area contributed by atoms with Gasteiger partial charge in [-0.25, -0.2) is 0 Å². The highest BCUT2D eigenvalue weighted by molar-refractivity contribution is 6.00. The van der Waals surface area contributed by atoms with Gasteiger partial charge >= 0.3 is 0 Å². The highest BCUT2D eigenvalue weighted by Crippen LogP contribution is 2.07. The summed E-state index contributed by atoms with van der Waals surface area (Å²) < 4.78 is 1.60. The Bertz CT molecular complexity index is 732. The number of nitrogens with zero attached hydrogens (tertiary/aromatic N) is 5. The van der Waals surface area contributed by atoms with Crippen molar-refractivity contribution in [2.24, 2.45) is 5.10 Å². The van der Waals surface area contributed by atoms with Gasteiger partial charge in [-0.2, -0.15) is 9.62 Å². The highest BCUT2D eigenvalue weighted by atomic mass is 15.4. The van der Waals surface area contributed by atoms with Gasteiger partial charge in [0.1, 0.15) is 6.33 Å². The Morgan fingerprint density at radius 3 is 2.85 bits per heavy atom. The van der Waals surface area contributed by atoms with Crippen molar-refractivity contribution < 1.29 is 0 Å². The maximum absolute atomic E-state index is 4.42. The fourth-order valence-corrected chi connectivity index (χ4v) is 1.89. The van der Waals surface area contributed by atoms with Crippen molar-refractivity contribution in [1.82, 2.24) is 19.8 Å². The van der Waals surface area contributed by atoms with Gasteiger partial charge in [0, 0.05) is 0 Å². The molecule has 0 saturated carbocycles. The van der Waals surface area contributed by atoms with Crippen LogP contribution in [0.4, 0.5) is 5.82 Å². The number of hydrogen-bond acceptors (Lipinski definition) is 5. The summed E-state index contributed by atoms with van der Waals surface area (Å²) in [5.41, 5.74) is 5.77. The Morgan fingerprint density at radius 1 is 1.20 bits per heavy atom. The molecule has 0 fully saturated rings. The van der Waals surface area contributed by atoms with E-state index in [2.05, 4.69) is 32.7 Å².